The van der Waals surface area contributed by atoms with Gasteiger partial charge in [-0.2, -0.15) is 0 Å². The number of unbranched alkanes of at least 4 members (excludes halogenated alkanes) is 1. The molecule has 0 aromatic heterocycles. The number of fused-ring (bicyclic) bond motifs is 1. The van der Waals surface area contributed by atoms with Crippen LogP contribution in [0.5, 0.6) is 0 Å². The van der Waals surface area contributed by atoms with Crippen molar-refractivity contribution >= 4 is 0 Å². The molecular weight excluding hydrogens is 186 g/mol. The number of hydrogen-bond acceptors (Lipinski definition) is 2. The molecule has 2 heterocycles. The molecule has 0 aromatic carbocycles. The lowest BCUT2D eigenvalue weighted by molar-refractivity contribution is 0.0463. The monoisotopic (exact) mass is 211 g/mol. The largest absolute Gasteiger partial charge is 0.391 e. The van der Waals surface area contributed by atoms with E-state index in [0.717, 1.165) is 6.42 Å². The van der Waals surface area contributed by atoms with E-state index in [2.05, 4.69) is 18.7 Å². The highest BCUT2D eigenvalue weighted by Gasteiger charge is 2.43. The van der Waals surface area contributed by atoms with Crippen LogP contribution in [0.3, 0.4) is 0 Å². The van der Waals surface area contributed by atoms with E-state index in [1.54, 1.807) is 0 Å². The molecular formula is C13H25NO. The van der Waals surface area contributed by atoms with Crippen LogP contribution in [-0.4, -0.2) is 34.2 Å². The summed E-state index contributed by atoms with van der Waals surface area (Å²) in [6.07, 6.45) is 8.70. The van der Waals surface area contributed by atoms with Crippen molar-refractivity contribution in [2.45, 2.75) is 83.0 Å². The third-order valence-corrected chi connectivity index (χ3v) is 4.28. The highest BCUT2D eigenvalue weighted by molar-refractivity contribution is 4.98. The van der Waals surface area contributed by atoms with Gasteiger partial charge in [0.1, 0.15) is 0 Å². The van der Waals surface area contributed by atoms with Crippen LogP contribution in [0, 0.1) is 0 Å². The predicted octanol–water partition coefficient (Wildman–Crippen LogP) is 2.55. The van der Waals surface area contributed by atoms with Crippen LogP contribution in [0.25, 0.3) is 0 Å². The molecule has 2 saturated heterocycles. The van der Waals surface area contributed by atoms with E-state index in [-0.39, 0.29) is 6.10 Å². The number of rotatable bonds is 3. The van der Waals surface area contributed by atoms with Gasteiger partial charge in [0.2, 0.25) is 0 Å². The molecule has 0 saturated carbocycles. The molecule has 0 bridgehead atoms. The summed E-state index contributed by atoms with van der Waals surface area (Å²) < 4.78 is 0. The van der Waals surface area contributed by atoms with E-state index in [0.29, 0.717) is 18.1 Å². The van der Waals surface area contributed by atoms with E-state index >= 15 is 0 Å². The van der Waals surface area contributed by atoms with Gasteiger partial charge in [0, 0.05) is 18.1 Å². The molecule has 0 aromatic rings. The minimum Gasteiger partial charge on any atom is -0.391 e. The second-order valence-electron chi connectivity index (χ2n) is 5.39. The van der Waals surface area contributed by atoms with Crippen molar-refractivity contribution in [3.05, 3.63) is 0 Å². The summed E-state index contributed by atoms with van der Waals surface area (Å²) in [6.45, 7) is 4.59. The Bertz CT molecular complexity index is 207. The third kappa shape index (κ3) is 2.21. The van der Waals surface area contributed by atoms with Gasteiger partial charge < -0.3 is 5.11 Å². The van der Waals surface area contributed by atoms with Crippen LogP contribution in [0.15, 0.2) is 0 Å². The zero-order valence-corrected chi connectivity index (χ0v) is 10.2. The van der Waals surface area contributed by atoms with Gasteiger partial charge in [-0.3, -0.25) is 4.90 Å². The molecule has 2 aliphatic heterocycles. The SMILES string of the molecule is CCCC[C@@H]1C[C@H](O)[C@@H]2CCC[C@H](C)N12. The summed E-state index contributed by atoms with van der Waals surface area (Å²) in [5.74, 6) is 0. The predicted molar refractivity (Wildman–Crippen MR) is 62.9 cm³/mol. The lowest BCUT2D eigenvalue weighted by atomic mass is 9.96. The molecule has 0 spiro atoms. The molecule has 0 unspecified atom stereocenters. The topological polar surface area (TPSA) is 23.5 Å². The lowest BCUT2D eigenvalue weighted by Crippen LogP contribution is -2.47. The molecule has 0 aliphatic carbocycles. The Balaban J connectivity index is 2.00. The quantitative estimate of drug-likeness (QED) is 0.775. The van der Waals surface area contributed by atoms with E-state index in [1.165, 1.54) is 38.5 Å². The van der Waals surface area contributed by atoms with Gasteiger partial charge in [-0.15, -0.1) is 0 Å². The van der Waals surface area contributed by atoms with Gasteiger partial charge in [-0.1, -0.05) is 26.2 Å². The highest BCUT2D eigenvalue weighted by Crippen LogP contribution is 2.37. The number of aliphatic hydroxyl groups excluding tert-OH is 1. The second kappa shape index (κ2) is 4.84. The number of nitrogens with zero attached hydrogens (tertiary/aromatic N) is 1. The van der Waals surface area contributed by atoms with Crippen LogP contribution in [-0.2, 0) is 0 Å². The maximum Gasteiger partial charge on any atom is 0.0710 e. The number of piperidine rings is 1. The number of aliphatic hydroxyl groups is 1. The highest BCUT2D eigenvalue weighted by atomic mass is 16.3. The average Bonchev–Trinajstić information content (AvgIpc) is 2.55. The van der Waals surface area contributed by atoms with Crippen LogP contribution >= 0.6 is 0 Å². The summed E-state index contributed by atoms with van der Waals surface area (Å²) in [7, 11) is 0. The Kier molecular flexibility index (Phi) is 3.68. The normalized spacial score (nSPS) is 41.8. The van der Waals surface area contributed by atoms with Crippen LogP contribution in [0.1, 0.15) is 58.8 Å². The molecule has 15 heavy (non-hydrogen) atoms. The molecule has 0 radical (unpaired) electrons. The van der Waals surface area contributed by atoms with Crippen LogP contribution < -0.4 is 0 Å². The Morgan fingerprint density at radius 1 is 1.33 bits per heavy atom. The molecule has 0 amide bonds. The Labute approximate surface area is 93.7 Å². The molecule has 2 aliphatic rings. The van der Waals surface area contributed by atoms with Crippen molar-refractivity contribution in [2.75, 3.05) is 0 Å². The zero-order valence-electron chi connectivity index (χ0n) is 10.2. The van der Waals surface area contributed by atoms with Crippen molar-refractivity contribution in [3.8, 4) is 0 Å². The smallest absolute Gasteiger partial charge is 0.0710 e. The maximum atomic E-state index is 10.1. The summed E-state index contributed by atoms with van der Waals surface area (Å²) in [5.41, 5.74) is 0. The second-order valence-corrected chi connectivity index (χ2v) is 5.39. The first-order valence-electron chi connectivity index (χ1n) is 6.69. The summed E-state index contributed by atoms with van der Waals surface area (Å²) in [6, 6.07) is 1.85. The van der Waals surface area contributed by atoms with Crippen molar-refractivity contribution in [1.82, 2.24) is 4.90 Å². The minimum absolute atomic E-state index is 0.0467. The summed E-state index contributed by atoms with van der Waals surface area (Å²) >= 11 is 0. The van der Waals surface area contributed by atoms with Crippen LogP contribution in [0.4, 0.5) is 0 Å². The van der Waals surface area contributed by atoms with E-state index < -0.39 is 0 Å². The van der Waals surface area contributed by atoms with E-state index in [4.69, 9.17) is 0 Å². The first-order chi connectivity index (χ1) is 7.24. The summed E-state index contributed by atoms with van der Waals surface area (Å²) in [5, 5.41) is 10.1. The summed E-state index contributed by atoms with van der Waals surface area (Å²) in [4.78, 5) is 2.63. The number of hydrogen-bond donors (Lipinski definition) is 1. The molecule has 4 atom stereocenters. The fraction of sp³-hybridized carbons (Fsp3) is 1.00. The third-order valence-electron chi connectivity index (χ3n) is 4.28. The first kappa shape index (κ1) is 11.4. The van der Waals surface area contributed by atoms with E-state index in [1.807, 2.05) is 0 Å². The van der Waals surface area contributed by atoms with Crippen molar-refractivity contribution < 1.29 is 5.11 Å². The van der Waals surface area contributed by atoms with Gasteiger partial charge >= 0.3 is 0 Å². The molecule has 88 valence electrons. The van der Waals surface area contributed by atoms with Gasteiger partial charge in [-0.05, 0) is 32.6 Å². The molecule has 1 N–H and O–H groups in total. The lowest BCUT2D eigenvalue weighted by Gasteiger charge is -2.40. The van der Waals surface area contributed by atoms with Gasteiger partial charge in [0.15, 0.2) is 0 Å². The molecule has 2 nitrogen and oxygen atoms in total. The molecule has 2 rings (SSSR count). The van der Waals surface area contributed by atoms with Crippen LogP contribution in [0.2, 0.25) is 0 Å². The van der Waals surface area contributed by atoms with Crippen molar-refractivity contribution in [2.24, 2.45) is 0 Å². The Hall–Kier alpha value is -0.0800. The maximum absolute atomic E-state index is 10.1. The fourth-order valence-electron chi connectivity index (χ4n) is 3.53. The van der Waals surface area contributed by atoms with Crippen molar-refractivity contribution in [1.29, 1.82) is 0 Å². The first-order valence-corrected chi connectivity index (χ1v) is 6.69. The Morgan fingerprint density at radius 3 is 2.87 bits per heavy atom. The van der Waals surface area contributed by atoms with Gasteiger partial charge in [0.25, 0.3) is 0 Å². The molecule has 2 fully saturated rings. The van der Waals surface area contributed by atoms with E-state index in [9.17, 15) is 5.11 Å². The molecule has 2 heteroatoms. The fourth-order valence-corrected chi connectivity index (χ4v) is 3.53. The van der Waals surface area contributed by atoms with Gasteiger partial charge in [-0.25, -0.2) is 0 Å². The standard InChI is InChI=1S/C13H25NO/c1-3-4-7-11-9-13(15)12-8-5-6-10(2)14(11)12/h10-13,15H,3-9H2,1-2H3/t10-,11+,12-,13-/m0/s1. The van der Waals surface area contributed by atoms with Gasteiger partial charge in [0.05, 0.1) is 6.10 Å². The average molecular weight is 211 g/mol. The Morgan fingerprint density at radius 2 is 2.13 bits per heavy atom. The zero-order chi connectivity index (χ0) is 10.8. The minimum atomic E-state index is -0.0467. The van der Waals surface area contributed by atoms with Crippen molar-refractivity contribution in [3.63, 3.8) is 0 Å².